The highest BCUT2D eigenvalue weighted by atomic mass is 19.1. The Bertz CT molecular complexity index is 572. The largest absolute Gasteiger partial charge is 0.357 e. The molecule has 7 heteroatoms. The number of para-hydroxylation sites is 1. The standard InChI is InChI=1S/C12H15FN6/c1-14-10-16-11(18-12(17-10)19(2)3)15-9-7-5-4-6-8(9)13/h4-7H,1-3H3,(H2,14,15,16,17,18). The van der Waals surface area contributed by atoms with Gasteiger partial charge in [-0.15, -0.1) is 0 Å². The molecule has 1 aromatic carbocycles. The number of benzene rings is 1. The van der Waals surface area contributed by atoms with Gasteiger partial charge >= 0.3 is 0 Å². The summed E-state index contributed by atoms with van der Waals surface area (Å²) in [5.41, 5.74) is 0.320. The van der Waals surface area contributed by atoms with Crippen LogP contribution in [0.3, 0.4) is 0 Å². The number of anilines is 4. The SMILES string of the molecule is CNc1nc(Nc2ccccc2F)nc(N(C)C)n1. The van der Waals surface area contributed by atoms with Crippen LogP contribution in [0.15, 0.2) is 24.3 Å². The summed E-state index contributed by atoms with van der Waals surface area (Å²) in [6, 6.07) is 6.35. The molecule has 0 aliphatic rings. The molecule has 0 radical (unpaired) electrons. The first kappa shape index (κ1) is 13.0. The van der Waals surface area contributed by atoms with Gasteiger partial charge in [0.1, 0.15) is 5.82 Å². The molecule has 6 nitrogen and oxygen atoms in total. The second-order valence-electron chi connectivity index (χ2n) is 4.03. The van der Waals surface area contributed by atoms with E-state index in [2.05, 4.69) is 25.6 Å². The third-order valence-electron chi connectivity index (χ3n) is 2.37. The van der Waals surface area contributed by atoms with Crippen molar-refractivity contribution in [2.45, 2.75) is 0 Å². The Morgan fingerprint density at radius 1 is 1.05 bits per heavy atom. The number of halogens is 1. The highest BCUT2D eigenvalue weighted by Gasteiger charge is 2.09. The van der Waals surface area contributed by atoms with Gasteiger partial charge < -0.3 is 15.5 Å². The van der Waals surface area contributed by atoms with E-state index in [0.717, 1.165) is 0 Å². The van der Waals surface area contributed by atoms with Gasteiger partial charge in [0.25, 0.3) is 0 Å². The third kappa shape index (κ3) is 3.06. The van der Waals surface area contributed by atoms with Crippen molar-refractivity contribution < 1.29 is 4.39 Å². The molecule has 0 atom stereocenters. The molecule has 0 spiro atoms. The van der Waals surface area contributed by atoms with Crippen LogP contribution in [0.4, 0.5) is 27.9 Å². The molecule has 0 saturated carbocycles. The van der Waals surface area contributed by atoms with Gasteiger partial charge in [-0.2, -0.15) is 15.0 Å². The molecule has 2 aromatic rings. The lowest BCUT2D eigenvalue weighted by molar-refractivity contribution is 0.631. The van der Waals surface area contributed by atoms with Crippen molar-refractivity contribution in [1.29, 1.82) is 0 Å². The van der Waals surface area contributed by atoms with E-state index in [1.807, 2.05) is 14.1 Å². The predicted octanol–water partition coefficient (Wildman–Crippen LogP) is 1.86. The Kier molecular flexibility index (Phi) is 3.74. The number of nitrogens with zero attached hydrogens (tertiary/aromatic N) is 4. The normalized spacial score (nSPS) is 10.1. The highest BCUT2D eigenvalue weighted by Crippen LogP contribution is 2.18. The summed E-state index contributed by atoms with van der Waals surface area (Å²) in [5.74, 6) is 0.823. The lowest BCUT2D eigenvalue weighted by Crippen LogP contribution is -2.15. The molecule has 0 saturated heterocycles. The fourth-order valence-corrected chi connectivity index (χ4v) is 1.42. The fourth-order valence-electron chi connectivity index (χ4n) is 1.42. The molecule has 0 aliphatic carbocycles. The molecule has 2 N–H and O–H groups in total. The minimum Gasteiger partial charge on any atom is -0.357 e. The number of hydrogen-bond donors (Lipinski definition) is 2. The molecule has 19 heavy (non-hydrogen) atoms. The summed E-state index contributed by atoms with van der Waals surface area (Å²) >= 11 is 0. The zero-order chi connectivity index (χ0) is 13.8. The van der Waals surface area contributed by atoms with Crippen molar-refractivity contribution in [3.8, 4) is 0 Å². The minimum absolute atomic E-state index is 0.285. The quantitative estimate of drug-likeness (QED) is 0.876. The first-order valence-corrected chi connectivity index (χ1v) is 5.73. The van der Waals surface area contributed by atoms with Crippen LogP contribution in [0.25, 0.3) is 0 Å². The Hall–Kier alpha value is -2.44. The maximum absolute atomic E-state index is 13.6. The van der Waals surface area contributed by atoms with Crippen molar-refractivity contribution in [2.75, 3.05) is 36.7 Å². The van der Waals surface area contributed by atoms with Gasteiger partial charge in [0.05, 0.1) is 5.69 Å². The van der Waals surface area contributed by atoms with Crippen LogP contribution in [0.5, 0.6) is 0 Å². The van der Waals surface area contributed by atoms with E-state index in [0.29, 0.717) is 17.6 Å². The second-order valence-corrected chi connectivity index (χ2v) is 4.03. The molecule has 0 fully saturated rings. The van der Waals surface area contributed by atoms with Crippen LogP contribution >= 0.6 is 0 Å². The summed E-state index contributed by atoms with van der Waals surface area (Å²) in [4.78, 5) is 14.3. The Morgan fingerprint density at radius 3 is 2.37 bits per heavy atom. The monoisotopic (exact) mass is 262 g/mol. The van der Waals surface area contributed by atoms with E-state index in [1.165, 1.54) is 6.07 Å². The van der Waals surface area contributed by atoms with Crippen LogP contribution in [-0.2, 0) is 0 Å². The third-order valence-corrected chi connectivity index (χ3v) is 2.37. The maximum atomic E-state index is 13.6. The molecular weight excluding hydrogens is 247 g/mol. The molecule has 0 unspecified atom stereocenters. The average molecular weight is 262 g/mol. The smallest absolute Gasteiger partial charge is 0.233 e. The van der Waals surface area contributed by atoms with Gasteiger partial charge in [-0.05, 0) is 12.1 Å². The fraction of sp³-hybridized carbons (Fsp3) is 0.250. The van der Waals surface area contributed by atoms with E-state index < -0.39 is 0 Å². The van der Waals surface area contributed by atoms with Crippen molar-refractivity contribution in [3.05, 3.63) is 30.1 Å². The predicted molar refractivity (Wildman–Crippen MR) is 73.4 cm³/mol. The summed E-state index contributed by atoms with van der Waals surface area (Å²) in [7, 11) is 5.35. The van der Waals surface area contributed by atoms with E-state index in [4.69, 9.17) is 0 Å². The van der Waals surface area contributed by atoms with Crippen LogP contribution in [0.2, 0.25) is 0 Å². The number of rotatable bonds is 4. The van der Waals surface area contributed by atoms with Gasteiger partial charge in [-0.3, -0.25) is 0 Å². The topological polar surface area (TPSA) is 66.0 Å². The van der Waals surface area contributed by atoms with Crippen molar-refractivity contribution in [2.24, 2.45) is 0 Å². The number of aromatic nitrogens is 3. The zero-order valence-corrected chi connectivity index (χ0v) is 11.0. The number of nitrogens with one attached hydrogen (secondary N) is 2. The maximum Gasteiger partial charge on any atom is 0.233 e. The molecule has 1 aromatic heterocycles. The molecule has 100 valence electrons. The van der Waals surface area contributed by atoms with Crippen LogP contribution in [0, 0.1) is 5.82 Å². The van der Waals surface area contributed by atoms with Crippen LogP contribution in [0.1, 0.15) is 0 Å². The summed E-state index contributed by atoms with van der Waals surface area (Å²) < 4.78 is 13.6. The van der Waals surface area contributed by atoms with Crippen molar-refractivity contribution in [1.82, 2.24) is 15.0 Å². The van der Waals surface area contributed by atoms with Crippen molar-refractivity contribution in [3.63, 3.8) is 0 Å². The van der Waals surface area contributed by atoms with Gasteiger partial charge in [-0.25, -0.2) is 4.39 Å². The Balaban J connectivity index is 2.34. The molecule has 0 aliphatic heterocycles. The minimum atomic E-state index is -0.361. The van der Waals surface area contributed by atoms with E-state index in [9.17, 15) is 4.39 Å². The van der Waals surface area contributed by atoms with Crippen LogP contribution < -0.4 is 15.5 Å². The molecule has 0 bridgehead atoms. The molecule has 0 amide bonds. The van der Waals surface area contributed by atoms with E-state index in [1.54, 1.807) is 30.1 Å². The van der Waals surface area contributed by atoms with E-state index in [-0.39, 0.29) is 11.8 Å². The first-order chi connectivity index (χ1) is 9.10. The van der Waals surface area contributed by atoms with Gasteiger partial charge in [0.2, 0.25) is 17.8 Å². The lowest BCUT2D eigenvalue weighted by Gasteiger charge is -2.13. The molecule has 2 rings (SSSR count). The van der Waals surface area contributed by atoms with Gasteiger partial charge in [0.15, 0.2) is 0 Å². The highest BCUT2D eigenvalue weighted by molar-refractivity contribution is 5.56. The van der Waals surface area contributed by atoms with Crippen molar-refractivity contribution >= 4 is 23.5 Å². The van der Waals surface area contributed by atoms with Gasteiger partial charge in [0, 0.05) is 21.1 Å². The second kappa shape index (κ2) is 5.47. The zero-order valence-electron chi connectivity index (χ0n) is 11.0. The number of hydrogen-bond acceptors (Lipinski definition) is 6. The summed E-state index contributed by atoms with van der Waals surface area (Å²) in [5, 5.41) is 5.68. The first-order valence-electron chi connectivity index (χ1n) is 5.73. The molecule has 1 heterocycles. The van der Waals surface area contributed by atoms with Crippen LogP contribution in [-0.4, -0.2) is 36.1 Å². The lowest BCUT2D eigenvalue weighted by atomic mass is 10.3. The van der Waals surface area contributed by atoms with E-state index >= 15 is 0 Å². The Labute approximate surface area is 110 Å². The summed E-state index contributed by atoms with van der Waals surface area (Å²) in [6.07, 6.45) is 0. The Morgan fingerprint density at radius 2 is 1.74 bits per heavy atom. The molecular formula is C12H15FN6. The average Bonchev–Trinajstić information content (AvgIpc) is 2.41. The summed E-state index contributed by atoms with van der Waals surface area (Å²) in [6.45, 7) is 0. The van der Waals surface area contributed by atoms with Gasteiger partial charge in [-0.1, -0.05) is 12.1 Å².